The van der Waals surface area contributed by atoms with E-state index in [1.54, 1.807) is 0 Å². The number of hydrogen-bond acceptors (Lipinski definition) is 4. The van der Waals surface area contributed by atoms with Gasteiger partial charge in [0.15, 0.2) is 0 Å². The smallest absolute Gasteiger partial charge is 0.128 e. The topological polar surface area (TPSA) is 44.7 Å². The Balaban J connectivity index is 2.27. The van der Waals surface area contributed by atoms with Crippen molar-refractivity contribution in [2.75, 3.05) is 39.3 Å². The van der Waals surface area contributed by atoms with Gasteiger partial charge in [0.2, 0.25) is 0 Å². The first-order valence-electron chi connectivity index (χ1n) is 7.58. The molecule has 0 saturated carbocycles. The second-order valence-electron chi connectivity index (χ2n) is 5.54. The molecule has 1 aromatic rings. The molecule has 5 heteroatoms. The minimum Gasteiger partial charge on any atom is -0.493 e. The lowest BCUT2D eigenvalue weighted by Crippen LogP contribution is -2.45. The van der Waals surface area contributed by atoms with E-state index in [1.165, 1.54) is 0 Å². The van der Waals surface area contributed by atoms with Crippen LogP contribution in [0.25, 0.3) is 0 Å². The van der Waals surface area contributed by atoms with Crippen molar-refractivity contribution >= 4 is 11.6 Å². The van der Waals surface area contributed by atoms with E-state index in [9.17, 15) is 5.11 Å². The molecule has 1 heterocycles. The average Bonchev–Trinajstić information content (AvgIpc) is 2.46. The number of aliphatic hydroxyl groups excluding tert-OH is 1. The van der Waals surface area contributed by atoms with Gasteiger partial charge in [-0.25, -0.2) is 0 Å². The fraction of sp³-hybridized carbons (Fsp3) is 0.625. The molecule has 2 N–H and O–H groups in total. The Labute approximate surface area is 132 Å². The molecule has 118 valence electrons. The van der Waals surface area contributed by atoms with E-state index in [0.717, 1.165) is 48.6 Å². The first-order valence-corrected chi connectivity index (χ1v) is 7.96. The van der Waals surface area contributed by atoms with Crippen LogP contribution < -0.4 is 10.1 Å². The van der Waals surface area contributed by atoms with Gasteiger partial charge in [-0.1, -0.05) is 11.6 Å². The van der Waals surface area contributed by atoms with Crippen molar-refractivity contribution in [2.24, 2.45) is 0 Å². The van der Waals surface area contributed by atoms with Crippen LogP contribution in [0.4, 0.5) is 0 Å². The Morgan fingerprint density at radius 2 is 2.05 bits per heavy atom. The van der Waals surface area contributed by atoms with Gasteiger partial charge in [0, 0.05) is 43.3 Å². The van der Waals surface area contributed by atoms with Crippen LogP contribution in [0.1, 0.15) is 29.7 Å². The minimum atomic E-state index is -0.581. The lowest BCUT2D eigenvalue weighted by molar-refractivity contribution is 0.102. The molecule has 0 bridgehead atoms. The van der Waals surface area contributed by atoms with Gasteiger partial charge in [-0.15, -0.1) is 0 Å². The quantitative estimate of drug-likeness (QED) is 0.875. The monoisotopic (exact) mass is 312 g/mol. The average molecular weight is 313 g/mol. The summed E-state index contributed by atoms with van der Waals surface area (Å²) in [4.78, 5) is 2.27. The number of nitrogens with one attached hydrogen (secondary N) is 1. The van der Waals surface area contributed by atoms with Crippen molar-refractivity contribution < 1.29 is 9.84 Å². The van der Waals surface area contributed by atoms with E-state index >= 15 is 0 Å². The standard InChI is InChI=1S/C16H25ClN2O2/c1-4-21-16-11(2)9-13(17)12(3)15(16)14(20)10-19-7-5-18-6-8-19/h9,14,18,20H,4-8,10H2,1-3H3. The highest BCUT2D eigenvalue weighted by Gasteiger charge is 2.23. The first-order chi connectivity index (χ1) is 10.0. The molecule has 1 saturated heterocycles. The van der Waals surface area contributed by atoms with Crippen LogP contribution in [0.3, 0.4) is 0 Å². The predicted molar refractivity (Wildman–Crippen MR) is 86.4 cm³/mol. The van der Waals surface area contributed by atoms with Gasteiger partial charge in [-0.3, -0.25) is 4.90 Å². The molecule has 1 atom stereocenters. The van der Waals surface area contributed by atoms with E-state index in [0.29, 0.717) is 18.2 Å². The number of aliphatic hydroxyl groups is 1. The Morgan fingerprint density at radius 1 is 1.38 bits per heavy atom. The van der Waals surface area contributed by atoms with Gasteiger partial charge in [0.05, 0.1) is 12.7 Å². The number of benzene rings is 1. The van der Waals surface area contributed by atoms with E-state index < -0.39 is 6.10 Å². The van der Waals surface area contributed by atoms with Gasteiger partial charge in [-0.05, 0) is 38.0 Å². The highest BCUT2D eigenvalue weighted by atomic mass is 35.5. The number of rotatable bonds is 5. The van der Waals surface area contributed by atoms with E-state index in [1.807, 2.05) is 26.8 Å². The molecule has 1 unspecified atom stereocenters. The van der Waals surface area contributed by atoms with Crippen LogP contribution in [0, 0.1) is 13.8 Å². The SMILES string of the molecule is CCOc1c(C)cc(Cl)c(C)c1C(O)CN1CCNCC1. The zero-order valence-electron chi connectivity index (χ0n) is 13.1. The summed E-state index contributed by atoms with van der Waals surface area (Å²) in [5.74, 6) is 0.780. The fourth-order valence-electron chi connectivity index (χ4n) is 2.84. The van der Waals surface area contributed by atoms with Crippen LogP contribution >= 0.6 is 11.6 Å². The maximum atomic E-state index is 10.7. The second-order valence-corrected chi connectivity index (χ2v) is 5.95. The highest BCUT2D eigenvalue weighted by molar-refractivity contribution is 6.31. The summed E-state index contributed by atoms with van der Waals surface area (Å²) in [7, 11) is 0. The minimum absolute atomic E-state index is 0.579. The summed E-state index contributed by atoms with van der Waals surface area (Å²) in [6, 6.07) is 1.91. The number of ether oxygens (including phenoxy) is 1. The largest absolute Gasteiger partial charge is 0.493 e. The Hall–Kier alpha value is -0.810. The first kappa shape index (κ1) is 16.6. The third-order valence-electron chi connectivity index (χ3n) is 3.97. The van der Waals surface area contributed by atoms with Crippen LogP contribution in [-0.4, -0.2) is 49.3 Å². The highest BCUT2D eigenvalue weighted by Crippen LogP contribution is 2.36. The number of piperazine rings is 1. The Kier molecular flexibility index (Phi) is 5.88. The molecule has 1 aliphatic heterocycles. The summed E-state index contributed by atoms with van der Waals surface area (Å²) in [6.07, 6.45) is -0.581. The summed E-state index contributed by atoms with van der Waals surface area (Å²) in [5.41, 5.74) is 2.72. The maximum Gasteiger partial charge on any atom is 0.128 e. The van der Waals surface area contributed by atoms with Crippen LogP contribution in [-0.2, 0) is 0 Å². The van der Waals surface area contributed by atoms with E-state index in [4.69, 9.17) is 16.3 Å². The third-order valence-corrected chi connectivity index (χ3v) is 4.36. The molecule has 2 rings (SSSR count). The van der Waals surface area contributed by atoms with Gasteiger partial charge < -0.3 is 15.2 Å². The summed E-state index contributed by atoms with van der Waals surface area (Å²) in [5, 5.41) is 14.7. The summed E-state index contributed by atoms with van der Waals surface area (Å²) < 4.78 is 5.76. The van der Waals surface area contributed by atoms with Crippen molar-refractivity contribution in [1.82, 2.24) is 10.2 Å². The molecule has 1 fully saturated rings. The molecule has 0 aliphatic carbocycles. The van der Waals surface area contributed by atoms with E-state index in [2.05, 4.69) is 10.2 Å². The van der Waals surface area contributed by atoms with Crippen molar-refractivity contribution in [3.05, 3.63) is 27.8 Å². The van der Waals surface area contributed by atoms with Gasteiger partial charge in [0.25, 0.3) is 0 Å². The van der Waals surface area contributed by atoms with Gasteiger partial charge in [-0.2, -0.15) is 0 Å². The fourth-order valence-corrected chi connectivity index (χ4v) is 3.11. The number of aryl methyl sites for hydroxylation is 1. The van der Waals surface area contributed by atoms with Crippen molar-refractivity contribution in [3.8, 4) is 5.75 Å². The Morgan fingerprint density at radius 3 is 2.67 bits per heavy atom. The van der Waals surface area contributed by atoms with Crippen LogP contribution in [0.5, 0.6) is 5.75 Å². The summed E-state index contributed by atoms with van der Waals surface area (Å²) in [6.45, 7) is 10.9. The second kappa shape index (κ2) is 7.45. The lowest BCUT2D eigenvalue weighted by Gasteiger charge is -2.30. The lowest BCUT2D eigenvalue weighted by atomic mass is 9.98. The molecule has 0 amide bonds. The Bertz CT molecular complexity index is 488. The van der Waals surface area contributed by atoms with Gasteiger partial charge >= 0.3 is 0 Å². The van der Waals surface area contributed by atoms with Crippen molar-refractivity contribution in [1.29, 1.82) is 0 Å². The molecule has 21 heavy (non-hydrogen) atoms. The molecule has 0 aromatic heterocycles. The third kappa shape index (κ3) is 3.89. The van der Waals surface area contributed by atoms with Crippen molar-refractivity contribution in [3.63, 3.8) is 0 Å². The molecule has 0 spiro atoms. The molecule has 0 radical (unpaired) electrons. The number of nitrogens with zero attached hydrogens (tertiary/aromatic N) is 1. The van der Waals surface area contributed by atoms with Gasteiger partial charge in [0.1, 0.15) is 5.75 Å². The van der Waals surface area contributed by atoms with Crippen LogP contribution in [0.2, 0.25) is 5.02 Å². The van der Waals surface area contributed by atoms with Crippen LogP contribution in [0.15, 0.2) is 6.07 Å². The number of hydrogen-bond donors (Lipinski definition) is 2. The van der Waals surface area contributed by atoms with Crippen molar-refractivity contribution in [2.45, 2.75) is 26.9 Å². The molecule has 4 nitrogen and oxygen atoms in total. The predicted octanol–water partition coefficient (Wildman–Crippen LogP) is 2.29. The molecular weight excluding hydrogens is 288 g/mol. The molecule has 1 aromatic carbocycles. The number of halogens is 1. The molecule has 1 aliphatic rings. The maximum absolute atomic E-state index is 10.7. The normalized spacial score (nSPS) is 17.8. The summed E-state index contributed by atoms with van der Waals surface area (Å²) >= 11 is 6.29. The zero-order valence-corrected chi connectivity index (χ0v) is 13.8. The number of β-amino-alcohol motifs (C(OH)–C–C–N with tert-alkyl or cyclic N) is 1. The zero-order chi connectivity index (χ0) is 15.4. The van der Waals surface area contributed by atoms with E-state index in [-0.39, 0.29) is 0 Å². The molecular formula is C16H25ClN2O2.